The lowest BCUT2D eigenvalue weighted by Crippen LogP contribution is -2.36. The predicted molar refractivity (Wildman–Crippen MR) is 83.2 cm³/mol. The Morgan fingerprint density at radius 3 is 2.70 bits per heavy atom. The van der Waals surface area contributed by atoms with Crippen molar-refractivity contribution in [2.75, 3.05) is 39.5 Å². The maximum atomic E-state index is 6.20. The Balaban J connectivity index is 1.93. The van der Waals surface area contributed by atoms with Crippen molar-refractivity contribution < 1.29 is 9.47 Å². The largest absolute Gasteiger partial charge is 0.492 e. The lowest BCUT2D eigenvalue weighted by molar-refractivity contribution is 0.0374. The van der Waals surface area contributed by atoms with Gasteiger partial charge < -0.3 is 9.47 Å². The number of morpholine rings is 1. The summed E-state index contributed by atoms with van der Waals surface area (Å²) in [7, 11) is 0. The number of ether oxygens (including phenoxy) is 2. The molecular weight excluding hydrogens is 297 g/mol. The van der Waals surface area contributed by atoms with Gasteiger partial charge in [-0.3, -0.25) is 4.90 Å². The molecule has 1 aliphatic rings. The van der Waals surface area contributed by atoms with Crippen LogP contribution in [0, 0.1) is 0 Å². The van der Waals surface area contributed by atoms with Crippen molar-refractivity contribution in [2.24, 2.45) is 0 Å². The maximum absolute atomic E-state index is 6.20. The van der Waals surface area contributed by atoms with E-state index in [4.69, 9.17) is 32.7 Å². The molecule has 20 heavy (non-hydrogen) atoms. The van der Waals surface area contributed by atoms with Crippen LogP contribution in [0.2, 0.25) is 10.0 Å². The summed E-state index contributed by atoms with van der Waals surface area (Å²) in [6, 6.07) is 3.69. The summed E-state index contributed by atoms with van der Waals surface area (Å²) in [6.07, 6.45) is 1.99. The van der Waals surface area contributed by atoms with Gasteiger partial charge in [0.25, 0.3) is 0 Å². The van der Waals surface area contributed by atoms with Crippen LogP contribution in [0.5, 0.6) is 5.75 Å². The van der Waals surface area contributed by atoms with Crippen LogP contribution in [-0.2, 0) is 11.2 Å². The van der Waals surface area contributed by atoms with Gasteiger partial charge >= 0.3 is 0 Å². The summed E-state index contributed by atoms with van der Waals surface area (Å²) in [5.74, 6) is 0.778. The van der Waals surface area contributed by atoms with Gasteiger partial charge in [0, 0.05) is 18.1 Å². The van der Waals surface area contributed by atoms with Crippen LogP contribution in [0.3, 0.4) is 0 Å². The first kappa shape index (κ1) is 15.9. The average molecular weight is 318 g/mol. The van der Waals surface area contributed by atoms with Gasteiger partial charge in [-0.15, -0.1) is 0 Å². The molecule has 1 heterocycles. The minimum atomic E-state index is 0.598. The van der Waals surface area contributed by atoms with Crippen LogP contribution in [0.1, 0.15) is 18.9 Å². The van der Waals surface area contributed by atoms with Crippen LogP contribution < -0.4 is 4.74 Å². The number of benzene rings is 1. The van der Waals surface area contributed by atoms with Gasteiger partial charge in [-0.1, -0.05) is 23.2 Å². The quantitative estimate of drug-likeness (QED) is 0.799. The smallest absolute Gasteiger partial charge is 0.141 e. The zero-order valence-electron chi connectivity index (χ0n) is 11.8. The Morgan fingerprint density at radius 1 is 1.25 bits per heavy atom. The number of rotatable bonds is 6. The highest BCUT2D eigenvalue weighted by atomic mass is 35.5. The van der Waals surface area contributed by atoms with E-state index in [1.165, 1.54) is 0 Å². The first-order chi connectivity index (χ1) is 9.70. The summed E-state index contributed by atoms with van der Waals surface area (Å²) in [4.78, 5) is 2.43. The summed E-state index contributed by atoms with van der Waals surface area (Å²) < 4.78 is 11.0. The Kier molecular flexibility index (Phi) is 6.43. The third-order valence-corrected chi connectivity index (χ3v) is 3.90. The molecule has 0 unspecified atom stereocenters. The molecule has 1 fully saturated rings. The van der Waals surface area contributed by atoms with Gasteiger partial charge in [-0.2, -0.15) is 0 Å². The SMILES string of the molecule is CCOc1c(Cl)cc(Cl)cc1CCCN1CCOCC1. The van der Waals surface area contributed by atoms with Crippen LogP contribution >= 0.6 is 23.2 Å². The van der Waals surface area contributed by atoms with Crippen molar-refractivity contribution in [3.8, 4) is 5.75 Å². The molecule has 1 saturated heterocycles. The second-order valence-corrected chi connectivity index (χ2v) is 5.71. The Bertz CT molecular complexity index is 434. The van der Waals surface area contributed by atoms with Crippen LogP contribution in [0.25, 0.3) is 0 Å². The Labute approximate surface area is 130 Å². The molecule has 0 radical (unpaired) electrons. The fourth-order valence-electron chi connectivity index (χ4n) is 2.42. The van der Waals surface area contributed by atoms with E-state index in [-0.39, 0.29) is 0 Å². The molecule has 0 aliphatic carbocycles. The van der Waals surface area contributed by atoms with E-state index < -0.39 is 0 Å². The van der Waals surface area contributed by atoms with Crippen molar-refractivity contribution >= 4 is 23.2 Å². The van der Waals surface area contributed by atoms with Gasteiger partial charge in [0.1, 0.15) is 5.75 Å². The molecule has 0 bridgehead atoms. The fourth-order valence-corrected chi connectivity index (χ4v) is 3.01. The second kappa shape index (κ2) is 8.08. The molecule has 0 amide bonds. The summed E-state index contributed by atoms with van der Waals surface area (Å²) in [5, 5.41) is 1.26. The van der Waals surface area contributed by atoms with Gasteiger partial charge in [0.15, 0.2) is 0 Å². The first-order valence-corrected chi connectivity index (χ1v) is 7.87. The Hall–Kier alpha value is -0.480. The van der Waals surface area contributed by atoms with E-state index in [1.54, 1.807) is 6.07 Å². The van der Waals surface area contributed by atoms with Gasteiger partial charge in [-0.25, -0.2) is 0 Å². The normalized spacial score (nSPS) is 16.4. The van der Waals surface area contributed by atoms with Crippen LogP contribution in [0.4, 0.5) is 0 Å². The van der Waals surface area contributed by atoms with Crippen LogP contribution in [-0.4, -0.2) is 44.4 Å². The molecular formula is C15H21Cl2NO2. The third kappa shape index (κ3) is 4.52. The first-order valence-electron chi connectivity index (χ1n) is 7.11. The lowest BCUT2D eigenvalue weighted by atomic mass is 10.1. The number of hydrogen-bond acceptors (Lipinski definition) is 3. The van der Waals surface area contributed by atoms with Crippen molar-refractivity contribution in [2.45, 2.75) is 19.8 Å². The molecule has 3 nitrogen and oxygen atoms in total. The molecule has 1 aromatic carbocycles. The molecule has 0 saturated carbocycles. The highest BCUT2D eigenvalue weighted by molar-refractivity contribution is 6.35. The molecule has 0 N–H and O–H groups in total. The highest BCUT2D eigenvalue weighted by Gasteiger charge is 2.13. The van der Waals surface area contributed by atoms with E-state index in [9.17, 15) is 0 Å². The predicted octanol–water partition coefficient (Wildman–Crippen LogP) is 3.66. The minimum Gasteiger partial charge on any atom is -0.492 e. The summed E-state index contributed by atoms with van der Waals surface area (Å²) >= 11 is 12.3. The topological polar surface area (TPSA) is 21.7 Å². The lowest BCUT2D eigenvalue weighted by Gasteiger charge is -2.26. The van der Waals surface area contributed by atoms with Crippen molar-refractivity contribution in [3.05, 3.63) is 27.7 Å². The van der Waals surface area contributed by atoms with E-state index in [0.29, 0.717) is 16.7 Å². The zero-order valence-corrected chi connectivity index (χ0v) is 13.3. The molecule has 1 aliphatic heterocycles. The van der Waals surface area contributed by atoms with E-state index in [1.807, 2.05) is 13.0 Å². The van der Waals surface area contributed by atoms with Crippen molar-refractivity contribution in [1.82, 2.24) is 4.90 Å². The third-order valence-electron chi connectivity index (χ3n) is 3.40. The molecule has 0 spiro atoms. The second-order valence-electron chi connectivity index (χ2n) is 4.87. The highest BCUT2D eigenvalue weighted by Crippen LogP contribution is 2.33. The maximum Gasteiger partial charge on any atom is 0.141 e. The van der Waals surface area contributed by atoms with E-state index in [0.717, 1.165) is 57.0 Å². The monoisotopic (exact) mass is 317 g/mol. The van der Waals surface area contributed by atoms with Gasteiger partial charge in [0.05, 0.1) is 24.8 Å². The number of hydrogen-bond donors (Lipinski definition) is 0. The van der Waals surface area contributed by atoms with Gasteiger partial charge in [0.2, 0.25) is 0 Å². The van der Waals surface area contributed by atoms with Crippen molar-refractivity contribution in [3.63, 3.8) is 0 Å². The standard InChI is InChI=1S/C15H21Cl2NO2/c1-2-20-15-12(10-13(16)11-14(15)17)4-3-5-18-6-8-19-9-7-18/h10-11H,2-9H2,1H3. The average Bonchev–Trinajstić information content (AvgIpc) is 2.43. The molecule has 0 atom stereocenters. The zero-order chi connectivity index (χ0) is 14.4. The molecule has 5 heteroatoms. The summed E-state index contributed by atoms with van der Waals surface area (Å²) in [5.41, 5.74) is 1.10. The number of halogens is 2. The van der Waals surface area contributed by atoms with E-state index >= 15 is 0 Å². The van der Waals surface area contributed by atoms with Crippen LogP contribution in [0.15, 0.2) is 12.1 Å². The van der Waals surface area contributed by atoms with Crippen molar-refractivity contribution in [1.29, 1.82) is 0 Å². The van der Waals surface area contributed by atoms with E-state index in [2.05, 4.69) is 4.90 Å². The molecule has 112 valence electrons. The minimum absolute atomic E-state index is 0.598. The molecule has 0 aromatic heterocycles. The number of nitrogens with zero attached hydrogens (tertiary/aromatic N) is 1. The fraction of sp³-hybridized carbons (Fsp3) is 0.600. The summed E-state index contributed by atoms with van der Waals surface area (Å²) in [6.45, 7) is 7.36. The van der Waals surface area contributed by atoms with Gasteiger partial charge in [-0.05, 0) is 44.0 Å². The molecule has 1 aromatic rings. The number of aryl methyl sites for hydroxylation is 1. The Morgan fingerprint density at radius 2 is 2.00 bits per heavy atom. The molecule has 2 rings (SSSR count).